The molecule has 0 aliphatic heterocycles. The molecule has 0 amide bonds. The van der Waals surface area contributed by atoms with Gasteiger partial charge in [0, 0.05) is 17.8 Å². The number of hydrogen-bond acceptors (Lipinski definition) is 1. The normalized spacial score (nSPS) is 15.8. The van der Waals surface area contributed by atoms with E-state index in [1.807, 2.05) is 6.20 Å². The van der Waals surface area contributed by atoms with Crippen LogP contribution in [-0.4, -0.2) is 9.97 Å². The third-order valence-electron chi connectivity index (χ3n) is 5.45. The highest BCUT2D eigenvalue weighted by molar-refractivity contribution is 5.87. The fraction of sp³-hybridized carbons (Fsp3) is 0.125. The Hall–Kier alpha value is -3.13. The van der Waals surface area contributed by atoms with Gasteiger partial charge in [-0.2, -0.15) is 0 Å². The number of aromatic amines is 1. The summed E-state index contributed by atoms with van der Waals surface area (Å²) in [6, 6.07) is 26.1. The molecule has 1 atom stereocenters. The molecule has 4 aromatic rings. The Morgan fingerprint density at radius 2 is 1.54 bits per heavy atom. The molecule has 26 heavy (non-hydrogen) atoms. The van der Waals surface area contributed by atoms with Gasteiger partial charge in [-0.25, -0.2) is 4.98 Å². The van der Waals surface area contributed by atoms with Crippen molar-refractivity contribution in [3.05, 3.63) is 102 Å². The maximum Gasteiger partial charge on any atom is 0.0921 e. The molecule has 1 heterocycles. The molecular weight excluding hydrogens is 316 g/mol. The summed E-state index contributed by atoms with van der Waals surface area (Å²) in [4.78, 5) is 7.54. The van der Waals surface area contributed by atoms with E-state index in [9.17, 15) is 0 Å². The molecule has 1 unspecified atom stereocenters. The molecular formula is C24H20N2. The van der Waals surface area contributed by atoms with Gasteiger partial charge in [-0.15, -0.1) is 0 Å². The molecule has 0 saturated carbocycles. The van der Waals surface area contributed by atoms with Gasteiger partial charge in [-0.05, 0) is 46.2 Å². The highest BCUT2D eigenvalue weighted by Gasteiger charge is 2.28. The monoisotopic (exact) mass is 336 g/mol. The SMILES string of the molecule is c1ccc(-c2ccc3c(c2-c2ccccc2)CCC3c2cnc[nH]2)cc1. The molecule has 5 rings (SSSR count). The number of imidazole rings is 1. The second-order valence-corrected chi connectivity index (χ2v) is 6.89. The van der Waals surface area contributed by atoms with Gasteiger partial charge in [0.25, 0.3) is 0 Å². The van der Waals surface area contributed by atoms with Crippen LogP contribution in [0.2, 0.25) is 0 Å². The zero-order valence-electron chi connectivity index (χ0n) is 14.5. The molecule has 1 aromatic heterocycles. The number of aromatic nitrogens is 2. The van der Waals surface area contributed by atoms with Crippen LogP contribution in [0, 0.1) is 0 Å². The van der Waals surface area contributed by atoms with E-state index in [4.69, 9.17) is 0 Å². The first-order chi connectivity index (χ1) is 12.9. The number of hydrogen-bond donors (Lipinski definition) is 1. The topological polar surface area (TPSA) is 28.7 Å². The molecule has 0 radical (unpaired) electrons. The summed E-state index contributed by atoms with van der Waals surface area (Å²) in [5.41, 5.74) is 9.42. The van der Waals surface area contributed by atoms with Crippen LogP contribution in [0.1, 0.15) is 29.2 Å². The molecule has 0 spiro atoms. The summed E-state index contributed by atoms with van der Waals surface area (Å²) >= 11 is 0. The molecule has 2 nitrogen and oxygen atoms in total. The smallest absolute Gasteiger partial charge is 0.0921 e. The standard InChI is InChI=1S/C24H20N2/c1-3-7-17(8-4-1)19-11-12-20-21(23-15-25-16-26-23)13-14-22(20)24(19)18-9-5-2-6-10-18/h1-12,15-16,21H,13-14H2,(H,25,26). The largest absolute Gasteiger partial charge is 0.348 e. The summed E-state index contributed by atoms with van der Waals surface area (Å²) < 4.78 is 0. The van der Waals surface area contributed by atoms with Crippen molar-refractivity contribution in [1.29, 1.82) is 0 Å². The predicted molar refractivity (Wildman–Crippen MR) is 106 cm³/mol. The van der Waals surface area contributed by atoms with Crippen molar-refractivity contribution < 1.29 is 0 Å². The van der Waals surface area contributed by atoms with Crippen LogP contribution in [0.5, 0.6) is 0 Å². The molecule has 1 N–H and O–H groups in total. The van der Waals surface area contributed by atoms with Gasteiger partial charge in [0.2, 0.25) is 0 Å². The van der Waals surface area contributed by atoms with Crippen molar-refractivity contribution in [3.8, 4) is 22.3 Å². The van der Waals surface area contributed by atoms with Gasteiger partial charge < -0.3 is 4.98 Å². The number of H-pyrrole nitrogens is 1. The van der Waals surface area contributed by atoms with E-state index in [-0.39, 0.29) is 0 Å². The van der Waals surface area contributed by atoms with Crippen molar-refractivity contribution >= 4 is 0 Å². The van der Waals surface area contributed by atoms with E-state index in [0.29, 0.717) is 5.92 Å². The van der Waals surface area contributed by atoms with Gasteiger partial charge in [0.05, 0.1) is 6.33 Å². The Balaban J connectivity index is 1.74. The van der Waals surface area contributed by atoms with Crippen molar-refractivity contribution in [3.63, 3.8) is 0 Å². The lowest BCUT2D eigenvalue weighted by atomic mass is 9.87. The zero-order chi connectivity index (χ0) is 17.3. The van der Waals surface area contributed by atoms with Crippen molar-refractivity contribution in [2.45, 2.75) is 18.8 Å². The van der Waals surface area contributed by atoms with Gasteiger partial charge in [-0.3, -0.25) is 0 Å². The van der Waals surface area contributed by atoms with Gasteiger partial charge in [0.1, 0.15) is 0 Å². The van der Waals surface area contributed by atoms with Crippen LogP contribution in [0.3, 0.4) is 0 Å². The summed E-state index contributed by atoms with van der Waals surface area (Å²) in [7, 11) is 0. The van der Waals surface area contributed by atoms with Gasteiger partial charge in [-0.1, -0.05) is 72.8 Å². The number of nitrogens with zero attached hydrogens (tertiary/aromatic N) is 1. The Labute approximate surface area is 153 Å². The van der Waals surface area contributed by atoms with Gasteiger partial charge >= 0.3 is 0 Å². The van der Waals surface area contributed by atoms with Crippen molar-refractivity contribution in [2.75, 3.05) is 0 Å². The van der Waals surface area contributed by atoms with Crippen LogP contribution in [0.25, 0.3) is 22.3 Å². The van der Waals surface area contributed by atoms with E-state index in [1.165, 1.54) is 39.1 Å². The molecule has 0 saturated heterocycles. The molecule has 1 aliphatic carbocycles. The lowest BCUT2D eigenvalue weighted by molar-refractivity contribution is 0.767. The van der Waals surface area contributed by atoms with Crippen LogP contribution in [-0.2, 0) is 6.42 Å². The second-order valence-electron chi connectivity index (χ2n) is 6.89. The van der Waals surface area contributed by atoms with Crippen LogP contribution >= 0.6 is 0 Å². The summed E-state index contributed by atoms with van der Waals surface area (Å²) in [6.07, 6.45) is 5.98. The Morgan fingerprint density at radius 3 is 2.23 bits per heavy atom. The lowest BCUT2D eigenvalue weighted by Gasteiger charge is -2.17. The molecule has 3 aromatic carbocycles. The first-order valence-corrected chi connectivity index (χ1v) is 9.16. The average molecular weight is 336 g/mol. The highest BCUT2D eigenvalue weighted by Crippen LogP contribution is 2.45. The number of rotatable bonds is 3. The van der Waals surface area contributed by atoms with E-state index < -0.39 is 0 Å². The predicted octanol–water partition coefficient (Wildman–Crippen LogP) is 5.82. The van der Waals surface area contributed by atoms with E-state index in [2.05, 4.69) is 82.8 Å². The van der Waals surface area contributed by atoms with Crippen molar-refractivity contribution in [1.82, 2.24) is 9.97 Å². The van der Waals surface area contributed by atoms with E-state index in [1.54, 1.807) is 6.33 Å². The maximum absolute atomic E-state index is 4.23. The Morgan fingerprint density at radius 1 is 0.808 bits per heavy atom. The highest BCUT2D eigenvalue weighted by atomic mass is 14.9. The minimum atomic E-state index is 0.416. The fourth-order valence-electron chi connectivity index (χ4n) is 4.28. The molecule has 126 valence electrons. The Kier molecular flexibility index (Phi) is 3.67. The minimum absolute atomic E-state index is 0.416. The van der Waals surface area contributed by atoms with Gasteiger partial charge in [0.15, 0.2) is 0 Å². The van der Waals surface area contributed by atoms with E-state index >= 15 is 0 Å². The first kappa shape index (κ1) is 15.2. The maximum atomic E-state index is 4.23. The van der Waals surface area contributed by atoms with Crippen LogP contribution < -0.4 is 0 Å². The average Bonchev–Trinajstić information content (AvgIpc) is 3.38. The number of nitrogens with one attached hydrogen (secondary N) is 1. The Bertz CT molecular complexity index is 1020. The third-order valence-corrected chi connectivity index (χ3v) is 5.45. The fourth-order valence-corrected chi connectivity index (χ4v) is 4.28. The molecule has 0 fully saturated rings. The second kappa shape index (κ2) is 6.30. The van der Waals surface area contributed by atoms with E-state index in [0.717, 1.165) is 12.8 Å². The minimum Gasteiger partial charge on any atom is -0.348 e. The van der Waals surface area contributed by atoms with Crippen molar-refractivity contribution in [2.24, 2.45) is 0 Å². The zero-order valence-corrected chi connectivity index (χ0v) is 14.5. The summed E-state index contributed by atoms with van der Waals surface area (Å²) in [6.45, 7) is 0. The summed E-state index contributed by atoms with van der Waals surface area (Å²) in [5, 5.41) is 0. The lowest BCUT2D eigenvalue weighted by Crippen LogP contribution is -1.98. The molecule has 0 bridgehead atoms. The van der Waals surface area contributed by atoms with Crippen LogP contribution in [0.4, 0.5) is 0 Å². The molecule has 2 heteroatoms. The third kappa shape index (κ3) is 2.46. The quantitative estimate of drug-likeness (QED) is 0.501. The number of fused-ring (bicyclic) bond motifs is 1. The number of benzene rings is 3. The summed E-state index contributed by atoms with van der Waals surface area (Å²) in [5.74, 6) is 0.416. The van der Waals surface area contributed by atoms with Crippen LogP contribution in [0.15, 0.2) is 85.3 Å². The molecule has 1 aliphatic rings. The first-order valence-electron chi connectivity index (χ1n) is 9.16.